The Kier molecular flexibility index (Phi) is 5.47. The number of halogens is 1. The van der Waals surface area contributed by atoms with Crippen molar-refractivity contribution in [2.24, 2.45) is 0 Å². The Hall–Kier alpha value is -1.49. The third-order valence-corrected chi connectivity index (χ3v) is 3.72. The molecule has 0 unspecified atom stereocenters. The minimum Gasteiger partial charge on any atom is -0.356 e. The van der Waals surface area contributed by atoms with Crippen molar-refractivity contribution in [1.82, 2.24) is 15.6 Å². The first kappa shape index (κ1) is 14.9. The molecule has 1 saturated carbocycles. The van der Waals surface area contributed by atoms with Gasteiger partial charge in [-0.25, -0.2) is 0 Å². The van der Waals surface area contributed by atoms with Crippen molar-refractivity contribution in [2.45, 2.75) is 44.6 Å². The summed E-state index contributed by atoms with van der Waals surface area (Å²) in [6.45, 7) is 0.327. The second kappa shape index (κ2) is 7.33. The van der Waals surface area contributed by atoms with Gasteiger partial charge in [0.2, 0.25) is 5.91 Å². The molecule has 20 heavy (non-hydrogen) atoms. The summed E-state index contributed by atoms with van der Waals surface area (Å²) in [6, 6.07) is 1.87. The SMILES string of the molecule is O=C(CCNC(=O)c1cc(Cl)c[nH]1)NC1CCCCC1. The molecule has 1 aromatic rings. The number of carbonyl (C=O) groups excluding carboxylic acids is 2. The fourth-order valence-corrected chi connectivity index (χ4v) is 2.59. The minimum atomic E-state index is -0.248. The molecule has 1 fully saturated rings. The normalized spacial score (nSPS) is 15.8. The Morgan fingerprint density at radius 1 is 1.30 bits per heavy atom. The number of carbonyl (C=O) groups is 2. The molecule has 0 aromatic carbocycles. The van der Waals surface area contributed by atoms with Gasteiger partial charge in [-0.05, 0) is 18.9 Å². The van der Waals surface area contributed by atoms with Gasteiger partial charge in [0.25, 0.3) is 5.91 Å². The van der Waals surface area contributed by atoms with Gasteiger partial charge >= 0.3 is 0 Å². The molecule has 6 heteroatoms. The second-order valence-electron chi connectivity index (χ2n) is 5.14. The highest BCUT2D eigenvalue weighted by atomic mass is 35.5. The van der Waals surface area contributed by atoms with Gasteiger partial charge in [0, 0.05) is 25.2 Å². The third-order valence-electron chi connectivity index (χ3n) is 3.50. The highest BCUT2D eigenvalue weighted by molar-refractivity contribution is 6.30. The lowest BCUT2D eigenvalue weighted by Gasteiger charge is -2.22. The van der Waals surface area contributed by atoms with E-state index < -0.39 is 0 Å². The first-order valence-corrected chi connectivity index (χ1v) is 7.44. The molecule has 0 aliphatic heterocycles. The van der Waals surface area contributed by atoms with Crippen LogP contribution in [0.15, 0.2) is 12.3 Å². The summed E-state index contributed by atoms with van der Waals surface area (Å²) in [5.41, 5.74) is 0.405. The number of aromatic amines is 1. The molecule has 110 valence electrons. The van der Waals surface area contributed by atoms with Crippen molar-refractivity contribution < 1.29 is 9.59 Å². The molecule has 5 nitrogen and oxygen atoms in total. The fourth-order valence-electron chi connectivity index (χ4n) is 2.43. The van der Waals surface area contributed by atoms with Crippen molar-refractivity contribution in [3.8, 4) is 0 Å². The second-order valence-corrected chi connectivity index (χ2v) is 5.58. The standard InChI is InChI=1S/C14H20ClN3O2/c15-10-8-12(17-9-10)14(20)16-7-6-13(19)18-11-4-2-1-3-5-11/h8-9,11,17H,1-7H2,(H,16,20)(H,18,19). The number of nitrogens with one attached hydrogen (secondary N) is 3. The lowest BCUT2D eigenvalue weighted by Crippen LogP contribution is -2.38. The van der Waals surface area contributed by atoms with Crippen LogP contribution in [0.3, 0.4) is 0 Å². The highest BCUT2D eigenvalue weighted by Crippen LogP contribution is 2.17. The quantitative estimate of drug-likeness (QED) is 0.780. The Bertz CT molecular complexity index is 467. The predicted molar refractivity (Wildman–Crippen MR) is 77.8 cm³/mol. The van der Waals surface area contributed by atoms with Crippen molar-refractivity contribution in [2.75, 3.05) is 6.54 Å². The van der Waals surface area contributed by atoms with Crippen LogP contribution in [-0.4, -0.2) is 29.4 Å². The molecule has 1 heterocycles. The Balaban J connectivity index is 1.64. The molecular formula is C14H20ClN3O2. The Morgan fingerprint density at radius 2 is 2.05 bits per heavy atom. The molecule has 3 N–H and O–H groups in total. The molecule has 0 radical (unpaired) electrons. The average Bonchev–Trinajstić information content (AvgIpc) is 2.86. The predicted octanol–water partition coefficient (Wildman–Crippen LogP) is 2.24. The molecule has 1 aliphatic rings. The summed E-state index contributed by atoms with van der Waals surface area (Å²) in [6.07, 6.45) is 7.63. The van der Waals surface area contributed by atoms with E-state index in [9.17, 15) is 9.59 Å². The van der Waals surface area contributed by atoms with Gasteiger partial charge < -0.3 is 15.6 Å². The Morgan fingerprint density at radius 3 is 2.70 bits per heavy atom. The Labute approximate surface area is 123 Å². The molecule has 1 aromatic heterocycles. The van der Waals surface area contributed by atoms with E-state index in [1.807, 2.05) is 0 Å². The largest absolute Gasteiger partial charge is 0.356 e. The van der Waals surface area contributed by atoms with E-state index in [1.165, 1.54) is 19.3 Å². The summed E-state index contributed by atoms with van der Waals surface area (Å²) in [5, 5.41) is 6.20. The van der Waals surface area contributed by atoms with Crippen LogP contribution in [0.5, 0.6) is 0 Å². The smallest absolute Gasteiger partial charge is 0.267 e. The summed E-state index contributed by atoms with van der Waals surface area (Å²) in [7, 11) is 0. The maximum Gasteiger partial charge on any atom is 0.267 e. The van der Waals surface area contributed by atoms with Gasteiger partial charge in [0.15, 0.2) is 0 Å². The lowest BCUT2D eigenvalue weighted by molar-refractivity contribution is -0.121. The van der Waals surface area contributed by atoms with Crippen molar-refractivity contribution >= 4 is 23.4 Å². The van der Waals surface area contributed by atoms with Crippen molar-refractivity contribution in [3.63, 3.8) is 0 Å². The molecule has 2 amide bonds. The van der Waals surface area contributed by atoms with E-state index in [0.29, 0.717) is 29.7 Å². The van der Waals surface area contributed by atoms with E-state index in [4.69, 9.17) is 11.6 Å². The maximum absolute atomic E-state index is 11.7. The van der Waals surface area contributed by atoms with Crippen LogP contribution in [0.4, 0.5) is 0 Å². The summed E-state index contributed by atoms with van der Waals surface area (Å²) < 4.78 is 0. The molecule has 0 bridgehead atoms. The number of hydrogen-bond acceptors (Lipinski definition) is 2. The van der Waals surface area contributed by atoms with E-state index in [0.717, 1.165) is 12.8 Å². The zero-order valence-corrected chi connectivity index (χ0v) is 12.1. The topological polar surface area (TPSA) is 74.0 Å². The number of H-pyrrole nitrogens is 1. The van der Waals surface area contributed by atoms with Gasteiger partial charge in [-0.1, -0.05) is 30.9 Å². The zero-order valence-electron chi connectivity index (χ0n) is 11.4. The summed E-state index contributed by atoms with van der Waals surface area (Å²) >= 11 is 5.72. The minimum absolute atomic E-state index is 0.00159. The molecule has 0 spiro atoms. The summed E-state index contributed by atoms with van der Waals surface area (Å²) in [4.78, 5) is 26.2. The van der Waals surface area contributed by atoms with E-state index in [-0.39, 0.29) is 11.8 Å². The van der Waals surface area contributed by atoms with Crippen molar-refractivity contribution in [3.05, 3.63) is 23.0 Å². The van der Waals surface area contributed by atoms with Crippen LogP contribution in [0.25, 0.3) is 0 Å². The van der Waals surface area contributed by atoms with Crippen LogP contribution >= 0.6 is 11.6 Å². The molecule has 0 saturated heterocycles. The molecule has 1 aliphatic carbocycles. The van der Waals surface area contributed by atoms with E-state index >= 15 is 0 Å². The van der Waals surface area contributed by atoms with Gasteiger partial charge in [-0.2, -0.15) is 0 Å². The van der Waals surface area contributed by atoms with Crippen molar-refractivity contribution in [1.29, 1.82) is 0 Å². The lowest BCUT2D eigenvalue weighted by atomic mass is 9.95. The number of rotatable bonds is 5. The van der Waals surface area contributed by atoms with Crippen LogP contribution in [-0.2, 0) is 4.79 Å². The van der Waals surface area contributed by atoms with Crippen LogP contribution in [0.1, 0.15) is 49.0 Å². The first-order chi connectivity index (χ1) is 9.65. The first-order valence-electron chi connectivity index (χ1n) is 7.06. The molecular weight excluding hydrogens is 278 g/mol. The van der Waals surface area contributed by atoms with Gasteiger partial charge in [0.05, 0.1) is 5.02 Å². The van der Waals surface area contributed by atoms with E-state index in [2.05, 4.69) is 15.6 Å². The summed E-state index contributed by atoms with van der Waals surface area (Å²) in [5.74, 6) is -0.246. The van der Waals surface area contributed by atoms with Gasteiger partial charge in [-0.15, -0.1) is 0 Å². The number of hydrogen-bond donors (Lipinski definition) is 3. The fraction of sp³-hybridized carbons (Fsp3) is 0.571. The molecule has 2 rings (SSSR count). The maximum atomic E-state index is 11.7. The van der Waals surface area contributed by atoms with Crippen LogP contribution in [0, 0.1) is 0 Å². The van der Waals surface area contributed by atoms with E-state index in [1.54, 1.807) is 12.3 Å². The molecule has 0 atom stereocenters. The number of amides is 2. The zero-order chi connectivity index (χ0) is 14.4. The third kappa shape index (κ3) is 4.56. The van der Waals surface area contributed by atoms with Gasteiger partial charge in [0.1, 0.15) is 5.69 Å². The average molecular weight is 298 g/mol. The van der Waals surface area contributed by atoms with Gasteiger partial charge in [-0.3, -0.25) is 9.59 Å². The monoisotopic (exact) mass is 297 g/mol. The van der Waals surface area contributed by atoms with Crippen LogP contribution in [0.2, 0.25) is 5.02 Å². The number of aromatic nitrogens is 1. The van der Waals surface area contributed by atoms with Crippen LogP contribution < -0.4 is 10.6 Å². The highest BCUT2D eigenvalue weighted by Gasteiger charge is 2.15.